The van der Waals surface area contributed by atoms with Gasteiger partial charge in [-0.05, 0) is 62.5 Å². The molecule has 0 saturated carbocycles. The van der Waals surface area contributed by atoms with Crippen molar-refractivity contribution in [1.82, 2.24) is 10.2 Å². The molecule has 1 unspecified atom stereocenters. The van der Waals surface area contributed by atoms with E-state index in [1.54, 1.807) is 12.1 Å². The quantitative estimate of drug-likeness (QED) is 0.830. The lowest BCUT2D eigenvalue weighted by Crippen LogP contribution is -2.34. The molecule has 1 aliphatic heterocycles. The Morgan fingerprint density at radius 1 is 1.23 bits per heavy atom. The van der Waals surface area contributed by atoms with Crippen LogP contribution in [0.2, 0.25) is 0 Å². The van der Waals surface area contributed by atoms with E-state index in [1.165, 1.54) is 11.1 Å². The molecule has 5 nitrogen and oxygen atoms in total. The van der Waals surface area contributed by atoms with E-state index >= 15 is 0 Å². The Balaban J connectivity index is 1.66. The first kappa shape index (κ1) is 18.3. The highest BCUT2D eigenvalue weighted by Crippen LogP contribution is 2.29. The van der Waals surface area contributed by atoms with Crippen molar-refractivity contribution in [2.45, 2.75) is 19.4 Å². The highest BCUT2D eigenvalue weighted by atomic mass is 16.5. The summed E-state index contributed by atoms with van der Waals surface area (Å²) < 4.78 is 11.0. The van der Waals surface area contributed by atoms with Gasteiger partial charge in [0, 0.05) is 18.5 Å². The second kappa shape index (κ2) is 8.23. The first-order valence-electron chi connectivity index (χ1n) is 9.01. The molecular weight excluding hydrogens is 328 g/mol. The number of ether oxygens (including phenoxy) is 2. The van der Waals surface area contributed by atoms with E-state index in [-0.39, 0.29) is 11.9 Å². The number of hydrogen-bond acceptors (Lipinski definition) is 4. The SMILES string of the molecule is CCOc1ccc(C(=O)NCC(c2ccc3c(c2)CCO3)N(C)C)cc1. The van der Waals surface area contributed by atoms with Gasteiger partial charge >= 0.3 is 0 Å². The Hall–Kier alpha value is -2.53. The van der Waals surface area contributed by atoms with Crippen molar-refractivity contribution in [2.24, 2.45) is 0 Å². The third-order valence-corrected chi connectivity index (χ3v) is 4.61. The molecule has 1 aliphatic rings. The predicted octanol–water partition coefficient (Wildman–Crippen LogP) is 3.05. The lowest BCUT2D eigenvalue weighted by atomic mass is 10.0. The van der Waals surface area contributed by atoms with Crippen LogP contribution in [0.5, 0.6) is 11.5 Å². The number of likely N-dealkylation sites (N-methyl/N-ethyl adjacent to an activating group) is 1. The molecule has 0 aliphatic carbocycles. The van der Waals surface area contributed by atoms with E-state index in [0.717, 1.165) is 24.5 Å². The standard InChI is InChI=1S/C21H26N2O3/c1-4-25-18-8-5-15(6-9-18)21(24)22-14-19(23(2)3)16-7-10-20-17(13-16)11-12-26-20/h5-10,13,19H,4,11-12,14H2,1-3H3,(H,22,24). The van der Waals surface area contributed by atoms with Crippen LogP contribution >= 0.6 is 0 Å². The third kappa shape index (κ3) is 4.17. The molecule has 1 heterocycles. The lowest BCUT2D eigenvalue weighted by molar-refractivity contribution is 0.0942. The molecule has 5 heteroatoms. The number of carbonyl (C=O) groups is 1. The summed E-state index contributed by atoms with van der Waals surface area (Å²) in [5.41, 5.74) is 3.06. The van der Waals surface area contributed by atoms with Crippen LogP contribution in [0.25, 0.3) is 0 Å². The zero-order valence-electron chi connectivity index (χ0n) is 15.6. The summed E-state index contributed by atoms with van der Waals surface area (Å²) >= 11 is 0. The van der Waals surface area contributed by atoms with Crippen molar-refractivity contribution in [3.8, 4) is 11.5 Å². The molecule has 26 heavy (non-hydrogen) atoms. The van der Waals surface area contributed by atoms with Crippen molar-refractivity contribution in [2.75, 3.05) is 33.9 Å². The summed E-state index contributed by atoms with van der Waals surface area (Å²) in [5, 5.41) is 3.05. The van der Waals surface area contributed by atoms with E-state index in [1.807, 2.05) is 39.2 Å². The van der Waals surface area contributed by atoms with Crippen LogP contribution in [0.3, 0.4) is 0 Å². The number of nitrogens with one attached hydrogen (secondary N) is 1. The van der Waals surface area contributed by atoms with E-state index in [0.29, 0.717) is 18.7 Å². The van der Waals surface area contributed by atoms with Crippen LogP contribution in [-0.2, 0) is 6.42 Å². The minimum atomic E-state index is -0.0793. The van der Waals surface area contributed by atoms with Gasteiger partial charge < -0.3 is 19.7 Å². The molecule has 0 spiro atoms. The molecule has 0 fully saturated rings. The molecule has 3 rings (SSSR count). The Kier molecular flexibility index (Phi) is 5.78. The molecule has 0 bridgehead atoms. The van der Waals surface area contributed by atoms with Gasteiger partial charge in [-0.2, -0.15) is 0 Å². The number of benzene rings is 2. The summed E-state index contributed by atoms with van der Waals surface area (Å²) in [5.74, 6) is 1.67. The van der Waals surface area contributed by atoms with Gasteiger partial charge in [0.2, 0.25) is 0 Å². The second-order valence-corrected chi connectivity index (χ2v) is 6.61. The van der Waals surface area contributed by atoms with Crippen LogP contribution in [0, 0.1) is 0 Å². The minimum Gasteiger partial charge on any atom is -0.494 e. The summed E-state index contributed by atoms with van der Waals surface area (Å²) in [7, 11) is 4.05. The van der Waals surface area contributed by atoms with E-state index in [2.05, 4.69) is 22.3 Å². The van der Waals surface area contributed by atoms with Crippen molar-refractivity contribution in [3.63, 3.8) is 0 Å². The molecule has 2 aromatic carbocycles. The van der Waals surface area contributed by atoms with Gasteiger partial charge in [0.25, 0.3) is 5.91 Å². The zero-order valence-corrected chi connectivity index (χ0v) is 15.6. The van der Waals surface area contributed by atoms with Crippen LogP contribution in [0.4, 0.5) is 0 Å². The number of nitrogens with zero attached hydrogens (tertiary/aromatic N) is 1. The first-order valence-corrected chi connectivity index (χ1v) is 9.01. The number of carbonyl (C=O) groups excluding carboxylic acids is 1. The summed E-state index contributed by atoms with van der Waals surface area (Å²) in [6, 6.07) is 13.6. The Morgan fingerprint density at radius 2 is 2.00 bits per heavy atom. The van der Waals surface area contributed by atoms with Crippen LogP contribution in [-0.4, -0.2) is 44.7 Å². The highest BCUT2D eigenvalue weighted by molar-refractivity contribution is 5.94. The second-order valence-electron chi connectivity index (χ2n) is 6.61. The molecule has 1 amide bonds. The Bertz CT molecular complexity index is 756. The van der Waals surface area contributed by atoms with Crippen molar-refractivity contribution in [3.05, 3.63) is 59.2 Å². The van der Waals surface area contributed by atoms with Crippen molar-refractivity contribution < 1.29 is 14.3 Å². The van der Waals surface area contributed by atoms with Crippen molar-refractivity contribution in [1.29, 1.82) is 0 Å². The van der Waals surface area contributed by atoms with E-state index < -0.39 is 0 Å². The largest absolute Gasteiger partial charge is 0.494 e. The number of fused-ring (bicyclic) bond motifs is 1. The fourth-order valence-corrected chi connectivity index (χ4v) is 3.17. The normalized spacial score (nSPS) is 13.8. The maximum Gasteiger partial charge on any atom is 0.251 e. The fraction of sp³-hybridized carbons (Fsp3) is 0.381. The molecule has 0 aromatic heterocycles. The average molecular weight is 354 g/mol. The highest BCUT2D eigenvalue weighted by Gasteiger charge is 2.19. The third-order valence-electron chi connectivity index (χ3n) is 4.61. The monoisotopic (exact) mass is 354 g/mol. The van der Waals surface area contributed by atoms with Crippen LogP contribution in [0.1, 0.15) is 34.5 Å². The molecule has 0 saturated heterocycles. The van der Waals surface area contributed by atoms with Crippen molar-refractivity contribution >= 4 is 5.91 Å². The summed E-state index contributed by atoms with van der Waals surface area (Å²) in [4.78, 5) is 14.6. The maximum atomic E-state index is 12.5. The molecule has 2 aromatic rings. The Labute approximate surface area is 154 Å². The fourth-order valence-electron chi connectivity index (χ4n) is 3.17. The first-order chi connectivity index (χ1) is 12.6. The van der Waals surface area contributed by atoms with Gasteiger partial charge in [-0.25, -0.2) is 0 Å². The van der Waals surface area contributed by atoms with Gasteiger partial charge in [-0.15, -0.1) is 0 Å². The zero-order chi connectivity index (χ0) is 18.5. The van der Waals surface area contributed by atoms with Gasteiger partial charge in [0.05, 0.1) is 19.3 Å². The molecule has 0 radical (unpaired) electrons. The van der Waals surface area contributed by atoms with Gasteiger partial charge in [0.1, 0.15) is 11.5 Å². The smallest absolute Gasteiger partial charge is 0.251 e. The van der Waals surface area contributed by atoms with Gasteiger partial charge in [-0.1, -0.05) is 12.1 Å². The van der Waals surface area contributed by atoms with Gasteiger partial charge in [-0.3, -0.25) is 4.79 Å². The van der Waals surface area contributed by atoms with E-state index in [4.69, 9.17) is 9.47 Å². The summed E-state index contributed by atoms with van der Waals surface area (Å²) in [6.45, 7) is 3.84. The molecule has 1 N–H and O–H groups in total. The molecular formula is C21H26N2O3. The van der Waals surface area contributed by atoms with Crippen LogP contribution in [0.15, 0.2) is 42.5 Å². The molecule has 138 valence electrons. The maximum absolute atomic E-state index is 12.5. The van der Waals surface area contributed by atoms with E-state index in [9.17, 15) is 4.79 Å². The minimum absolute atomic E-state index is 0.0793. The number of hydrogen-bond donors (Lipinski definition) is 1. The topological polar surface area (TPSA) is 50.8 Å². The predicted molar refractivity (Wildman–Crippen MR) is 102 cm³/mol. The number of rotatable bonds is 7. The summed E-state index contributed by atoms with van der Waals surface area (Å²) in [6.07, 6.45) is 0.946. The molecule has 1 atom stereocenters. The average Bonchev–Trinajstić information content (AvgIpc) is 3.10. The van der Waals surface area contributed by atoms with Crippen LogP contribution < -0.4 is 14.8 Å². The van der Waals surface area contributed by atoms with Gasteiger partial charge in [0.15, 0.2) is 0 Å². The Morgan fingerprint density at radius 3 is 2.69 bits per heavy atom. The number of amides is 1. The lowest BCUT2D eigenvalue weighted by Gasteiger charge is -2.25.